The van der Waals surface area contributed by atoms with Crippen molar-refractivity contribution in [2.45, 2.75) is 46.6 Å². The van der Waals surface area contributed by atoms with E-state index in [9.17, 15) is 9.59 Å². The van der Waals surface area contributed by atoms with E-state index in [2.05, 4.69) is 29.4 Å². The number of benzene rings is 1. The number of amides is 2. The fraction of sp³-hybridized carbons (Fsp3) is 0.524. The summed E-state index contributed by atoms with van der Waals surface area (Å²) in [5.74, 6) is -0.390. The lowest BCUT2D eigenvalue weighted by molar-refractivity contribution is -0.139. The topological polar surface area (TPSA) is 70.7 Å². The lowest BCUT2D eigenvalue weighted by Crippen LogP contribution is -2.48. The normalized spacial score (nSPS) is 16.9. The van der Waals surface area contributed by atoms with Crippen LogP contribution in [0.15, 0.2) is 35.5 Å². The summed E-state index contributed by atoms with van der Waals surface area (Å²) in [5.41, 5.74) is 3.11. The Labute approximate surface area is 162 Å². The van der Waals surface area contributed by atoms with Crippen LogP contribution < -0.4 is 10.6 Å². The van der Waals surface area contributed by atoms with Crippen LogP contribution in [0.2, 0.25) is 0 Å². The summed E-state index contributed by atoms with van der Waals surface area (Å²) in [6.07, 6.45) is 2.02. The van der Waals surface area contributed by atoms with Gasteiger partial charge in [-0.2, -0.15) is 0 Å². The number of hydrogen-bond acceptors (Lipinski definition) is 4. The summed E-state index contributed by atoms with van der Waals surface area (Å²) >= 11 is 0. The van der Waals surface area contributed by atoms with E-state index in [0.29, 0.717) is 17.8 Å². The van der Waals surface area contributed by atoms with Gasteiger partial charge in [0.25, 0.3) is 0 Å². The molecule has 148 valence electrons. The highest BCUT2D eigenvalue weighted by molar-refractivity contribution is 5.95. The standard InChI is InChI=1S/C21H31N3O3/c1-5-12-24(13-6-2)14-17-18(20(25)27-7-3)19(23-21(26)22-17)16-10-8-15(4)9-11-16/h8-11,19H,5-7,12-14H2,1-4H3,(H2,22,23,26)/t19-/m0/s1. The quantitative estimate of drug-likeness (QED) is 0.652. The average Bonchev–Trinajstić information content (AvgIpc) is 2.62. The molecule has 2 N–H and O–H groups in total. The van der Waals surface area contributed by atoms with Gasteiger partial charge in [0, 0.05) is 12.2 Å². The number of esters is 1. The van der Waals surface area contributed by atoms with Crippen molar-refractivity contribution in [1.29, 1.82) is 0 Å². The van der Waals surface area contributed by atoms with Crippen molar-refractivity contribution in [3.05, 3.63) is 46.7 Å². The lowest BCUT2D eigenvalue weighted by atomic mass is 9.94. The number of nitrogens with zero attached hydrogens (tertiary/aromatic N) is 1. The van der Waals surface area contributed by atoms with Gasteiger partial charge in [-0.15, -0.1) is 0 Å². The zero-order valence-electron chi connectivity index (χ0n) is 16.8. The predicted molar refractivity (Wildman–Crippen MR) is 106 cm³/mol. The van der Waals surface area contributed by atoms with Crippen LogP contribution >= 0.6 is 0 Å². The van der Waals surface area contributed by atoms with Crippen molar-refractivity contribution < 1.29 is 14.3 Å². The molecule has 27 heavy (non-hydrogen) atoms. The van der Waals surface area contributed by atoms with Crippen LogP contribution in [0, 0.1) is 6.92 Å². The molecule has 1 aromatic rings. The summed E-state index contributed by atoms with van der Waals surface area (Å²) in [6, 6.07) is 7.03. The minimum Gasteiger partial charge on any atom is -0.463 e. The van der Waals surface area contributed by atoms with Crippen LogP contribution in [-0.4, -0.2) is 43.1 Å². The number of nitrogens with one attached hydrogen (secondary N) is 2. The molecule has 0 bridgehead atoms. The second-order valence-corrected chi connectivity index (χ2v) is 6.83. The predicted octanol–water partition coefficient (Wildman–Crippen LogP) is 3.29. The summed E-state index contributed by atoms with van der Waals surface area (Å²) in [5, 5.41) is 5.73. The van der Waals surface area contributed by atoms with Gasteiger partial charge in [-0.1, -0.05) is 43.7 Å². The second kappa shape index (κ2) is 10.1. The molecule has 1 atom stereocenters. The molecule has 0 unspecified atom stereocenters. The molecule has 0 saturated carbocycles. The van der Waals surface area contributed by atoms with Gasteiger partial charge in [0.1, 0.15) is 0 Å². The third-order valence-corrected chi connectivity index (χ3v) is 4.52. The molecule has 6 nitrogen and oxygen atoms in total. The molecule has 0 fully saturated rings. The first-order valence-electron chi connectivity index (χ1n) is 9.76. The largest absolute Gasteiger partial charge is 0.463 e. The first kappa shape index (κ1) is 21.0. The van der Waals surface area contributed by atoms with E-state index in [1.54, 1.807) is 6.92 Å². The van der Waals surface area contributed by atoms with Crippen molar-refractivity contribution in [2.24, 2.45) is 0 Å². The fourth-order valence-electron chi connectivity index (χ4n) is 3.33. The Hall–Kier alpha value is -2.34. The number of rotatable bonds is 9. The van der Waals surface area contributed by atoms with Crippen LogP contribution in [0.3, 0.4) is 0 Å². The minimum atomic E-state index is -0.515. The molecule has 1 heterocycles. The van der Waals surface area contributed by atoms with Crippen LogP contribution in [0.4, 0.5) is 4.79 Å². The maximum absolute atomic E-state index is 12.8. The Kier molecular flexibility index (Phi) is 7.85. The van der Waals surface area contributed by atoms with Gasteiger partial charge in [-0.25, -0.2) is 9.59 Å². The van der Waals surface area contributed by atoms with Gasteiger partial charge in [0.15, 0.2) is 0 Å². The minimum absolute atomic E-state index is 0.289. The monoisotopic (exact) mass is 373 g/mol. The van der Waals surface area contributed by atoms with E-state index in [1.807, 2.05) is 31.2 Å². The van der Waals surface area contributed by atoms with E-state index in [-0.39, 0.29) is 12.6 Å². The average molecular weight is 373 g/mol. The van der Waals surface area contributed by atoms with E-state index in [0.717, 1.165) is 37.1 Å². The van der Waals surface area contributed by atoms with Crippen molar-refractivity contribution in [1.82, 2.24) is 15.5 Å². The summed E-state index contributed by atoms with van der Waals surface area (Å²) in [7, 11) is 0. The highest BCUT2D eigenvalue weighted by Crippen LogP contribution is 2.28. The third-order valence-electron chi connectivity index (χ3n) is 4.52. The SMILES string of the molecule is CCCN(CCC)CC1=C(C(=O)OCC)[C@H](c2ccc(C)cc2)NC(=O)N1. The van der Waals surface area contributed by atoms with E-state index >= 15 is 0 Å². The zero-order valence-corrected chi connectivity index (χ0v) is 16.8. The molecule has 2 amide bonds. The first-order valence-corrected chi connectivity index (χ1v) is 9.76. The molecular weight excluding hydrogens is 342 g/mol. The van der Waals surface area contributed by atoms with E-state index in [1.165, 1.54) is 0 Å². The summed E-state index contributed by atoms with van der Waals surface area (Å²) in [4.78, 5) is 27.3. The number of carbonyl (C=O) groups excluding carboxylic acids is 2. The number of ether oxygens (including phenoxy) is 1. The van der Waals surface area contributed by atoms with Gasteiger partial charge in [0.2, 0.25) is 0 Å². The zero-order chi connectivity index (χ0) is 19.8. The molecule has 1 aliphatic heterocycles. The van der Waals surface area contributed by atoms with Gasteiger partial charge in [0.05, 0.1) is 18.2 Å². The van der Waals surface area contributed by atoms with Crippen molar-refractivity contribution in [3.63, 3.8) is 0 Å². The van der Waals surface area contributed by atoms with Crippen molar-refractivity contribution in [2.75, 3.05) is 26.2 Å². The molecule has 6 heteroatoms. The third kappa shape index (κ3) is 5.57. The Morgan fingerprint density at radius 3 is 2.30 bits per heavy atom. The van der Waals surface area contributed by atoms with E-state index < -0.39 is 12.0 Å². The van der Waals surface area contributed by atoms with Gasteiger partial charge in [-0.05, 0) is 45.3 Å². The number of hydrogen-bond donors (Lipinski definition) is 2. The summed E-state index contributed by atoms with van der Waals surface area (Å²) in [6.45, 7) is 10.7. The Balaban J connectivity index is 2.45. The molecule has 0 aromatic heterocycles. The molecular formula is C21H31N3O3. The van der Waals surface area contributed by atoms with E-state index in [4.69, 9.17) is 4.74 Å². The smallest absolute Gasteiger partial charge is 0.338 e. The number of aryl methyl sites for hydroxylation is 1. The number of urea groups is 1. The van der Waals surface area contributed by atoms with Gasteiger partial charge < -0.3 is 15.4 Å². The Morgan fingerprint density at radius 2 is 1.74 bits per heavy atom. The Morgan fingerprint density at radius 1 is 1.11 bits per heavy atom. The molecule has 1 aromatic carbocycles. The fourth-order valence-corrected chi connectivity index (χ4v) is 3.33. The van der Waals surface area contributed by atoms with Crippen molar-refractivity contribution >= 4 is 12.0 Å². The van der Waals surface area contributed by atoms with Crippen LogP contribution in [0.1, 0.15) is 50.8 Å². The lowest BCUT2D eigenvalue weighted by Gasteiger charge is -2.32. The van der Waals surface area contributed by atoms with Crippen LogP contribution in [-0.2, 0) is 9.53 Å². The van der Waals surface area contributed by atoms with Crippen LogP contribution in [0.25, 0.3) is 0 Å². The molecule has 2 rings (SSSR count). The molecule has 1 aliphatic rings. The van der Waals surface area contributed by atoms with Gasteiger partial charge >= 0.3 is 12.0 Å². The molecule has 0 aliphatic carbocycles. The molecule has 0 radical (unpaired) electrons. The first-order chi connectivity index (χ1) is 13.0. The Bertz CT molecular complexity index is 676. The molecule has 0 spiro atoms. The van der Waals surface area contributed by atoms with Crippen molar-refractivity contribution in [3.8, 4) is 0 Å². The van der Waals surface area contributed by atoms with Gasteiger partial charge in [-0.3, -0.25) is 4.90 Å². The number of carbonyl (C=O) groups is 2. The maximum Gasteiger partial charge on any atom is 0.338 e. The highest BCUT2D eigenvalue weighted by atomic mass is 16.5. The highest BCUT2D eigenvalue weighted by Gasteiger charge is 2.34. The molecule has 0 saturated heterocycles. The summed E-state index contributed by atoms with van der Waals surface area (Å²) < 4.78 is 5.32. The second-order valence-electron chi connectivity index (χ2n) is 6.83. The maximum atomic E-state index is 12.8. The van der Waals surface area contributed by atoms with Crippen LogP contribution in [0.5, 0.6) is 0 Å².